The summed E-state index contributed by atoms with van der Waals surface area (Å²) in [5.74, 6) is 1.20. The van der Waals surface area contributed by atoms with Crippen molar-refractivity contribution >= 4 is 46.4 Å². The molecule has 2 atom stereocenters. The topological polar surface area (TPSA) is 128 Å². The van der Waals surface area contributed by atoms with Crippen LogP contribution in [0.15, 0.2) is 49.1 Å². The second kappa shape index (κ2) is 10.2. The van der Waals surface area contributed by atoms with Crippen molar-refractivity contribution in [3.8, 4) is 6.07 Å². The Morgan fingerprint density at radius 1 is 1.15 bits per heavy atom. The highest BCUT2D eigenvalue weighted by Crippen LogP contribution is 2.49. The van der Waals surface area contributed by atoms with E-state index < -0.39 is 0 Å². The predicted octanol–water partition coefficient (Wildman–Crippen LogP) is 5.01. The normalized spacial score (nSPS) is 19.8. The van der Waals surface area contributed by atoms with E-state index in [0.29, 0.717) is 47.5 Å². The van der Waals surface area contributed by atoms with Crippen LogP contribution in [0.25, 0.3) is 5.65 Å². The number of rotatable bonds is 8. The third-order valence-electron chi connectivity index (χ3n) is 8.05. The number of halogens is 1. The van der Waals surface area contributed by atoms with Crippen LogP contribution >= 0.6 is 11.6 Å². The maximum atomic E-state index is 12.9. The van der Waals surface area contributed by atoms with E-state index in [1.54, 1.807) is 24.3 Å². The van der Waals surface area contributed by atoms with Gasteiger partial charge in [0.1, 0.15) is 18.0 Å². The monoisotopic (exact) mass is 566 g/mol. The number of fused-ring (bicyclic) bond motifs is 1. The van der Waals surface area contributed by atoms with Crippen molar-refractivity contribution in [2.75, 3.05) is 22.1 Å². The summed E-state index contributed by atoms with van der Waals surface area (Å²) in [5, 5.41) is 16.1. The first-order chi connectivity index (χ1) is 20.0. The molecular weight excluding hydrogens is 540 g/mol. The van der Waals surface area contributed by atoms with E-state index in [-0.39, 0.29) is 23.7 Å². The molecule has 0 unspecified atom stereocenters. The van der Waals surface area contributed by atoms with Gasteiger partial charge >= 0.3 is 0 Å². The maximum Gasteiger partial charge on any atom is 0.229 e. The number of carbonyl (C=O) groups excluding carboxylic acids is 2. The number of carbonyl (C=O) groups is 2. The van der Waals surface area contributed by atoms with Crippen LogP contribution in [0, 0.1) is 17.2 Å². The Balaban J connectivity index is 1.04. The van der Waals surface area contributed by atoms with Gasteiger partial charge in [-0.15, -0.1) is 0 Å². The van der Waals surface area contributed by atoms with Gasteiger partial charge < -0.3 is 19.9 Å². The van der Waals surface area contributed by atoms with Crippen LogP contribution < -0.4 is 15.5 Å². The van der Waals surface area contributed by atoms with Gasteiger partial charge in [-0.3, -0.25) is 9.59 Å². The van der Waals surface area contributed by atoms with Gasteiger partial charge in [0.15, 0.2) is 5.65 Å². The van der Waals surface area contributed by atoms with Crippen molar-refractivity contribution in [1.29, 1.82) is 5.26 Å². The Bertz CT molecular complexity index is 1740. The zero-order chi connectivity index (χ0) is 28.1. The van der Waals surface area contributed by atoms with Gasteiger partial charge in [-0.25, -0.2) is 15.0 Å². The molecule has 41 heavy (non-hydrogen) atoms. The second-order valence-corrected chi connectivity index (χ2v) is 11.4. The van der Waals surface area contributed by atoms with Gasteiger partial charge in [-0.2, -0.15) is 5.26 Å². The number of pyridine rings is 1. The van der Waals surface area contributed by atoms with Gasteiger partial charge in [-0.05, 0) is 72.9 Å². The summed E-state index contributed by atoms with van der Waals surface area (Å²) in [7, 11) is 0. The lowest BCUT2D eigenvalue weighted by atomic mass is 10.0. The van der Waals surface area contributed by atoms with E-state index in [9.17, 15) is 14.9 Å². The molecule has 206 valence electrons. The Hall–Kier alpha value is -4.49. The van der Waals surface area contributed by atoms with Crippen LogP contribution in [0.1, 0.15) is 66.3 Å². The summed E-state index contributed by atoms with van der Waals surface area (Å²) in [4.78, 5) is 40.7. The molecule has 10 nitrogen and oxygen atoms in total. The van der Waals surface area contributed by atoms with Crippen molar-refractivity contribution in [2.24, 2.45) is 5.92 Å². The SMILES string of the molecule is N#Cc1ccc(Cl)cc1[C@@H]1C[C@H]1C(=O)Nc1cc(NCc2cn3cc(C4CC4)cc(N4CCCC4=O)c3n2)ncn1. The highest BCUT2D eigenvalue weighted by atomic mass is 35.5. The summed E-state index contributed by atoms with van der Waals surface area (Å²) in [6.45, 7) is 1.13. The smallest absolute Gasteiger partial charge is 0.229 e. The maximum absolute atomic E-state index is 12.9. The number of amides is 2. The lowest BCUT2D eigenvalue weighted by molar-refractivity contribution is -0.118. The van der Waals surface area contributed by atoms with E-state index >= 15 is 0 Å². The molecule has 2 amide bonds. The van der Waals surface area contributed by atoms with Crippen LogP contribution in [0.4, 0.5) is 17.3 Å². The molecule has 4 aromatic rings. The Morgan fingerprint density at radius 2 is 2.00 bits per heavy atom. The van der Waals surface area contributed by atoms with Gasteiger partial charge in [0.2, 0.25) is 11.8 Å². The summed E-state index contributed by atoms with van der Waals surface area (Å²) >= 11 is 6.13. The van der Waals surface area contributed by atoms with Crippen LogP contribution in [-0.4, -0.2) is 37.7 Å². The van der Waals surface area contributed by atoms with Crippen molar-refractivity contribution in [1.82, 2.24) is 19.4 Å². The highest BCUT2D eigenvalue weighted by molar-refractivity contribution is 6.30. The van der Waals surface area contributed by atoms with E-state index in [1.165, 1.54) is 24.7 Å². The third-order valence-corrected chi connectivity index (χ3v) is 8.28. The average Bonchev–Trinajstić information content (AvgIpc) is 3.89. The molecule has 4 heterocycles. The third kappa shape index (κ3) is 5.09. The second-order valence-electron chi connectivity index (χ2n) is 11.0. The molecule has 0 spiro atoms. The number of hydrogen-bond donors (Lipinski definition) is 2. The Labute approximate surface area is 241 Å². The van der Waals surface area contributed by atoms with Gasteiger partial charge in [-0.1, -0.05) is 11.6 Å². The van der Waals surface area contributed by atoms with Gasteiger partial charge in [0.05, 0.1) is 29.6 Å². The minimum atomic E-state index is -0.248. The molecule has 11 heteroatoms. The highest BCUT2D eigenvalue weighted by Gasteiger charge is 2.45. The average molecular weight is 567 g/mol. The predicted molar refractivity (Wildman–Crippen MR) is 154 cm³/mol. The van der Waals surface area contributed by atoms with Crippen LogP contribution in [0.2, 0.25) is 5.02 Å². The number of aromatic nitrogens is 4. The molecule has 1 aliphatic heterocycles. The summed E-state index contributed by atoms with van der Waals surface area (Å²) in [6.07, 6.45) is 9.96. The van der Waals surface area contributed by atoms with Crippen molar-refractivity contribution in [3.63, 3.8) is 0 Å². The number of nitriles is 1. The first-order valence-corrected chi connectivity index (χ1v) is 14.2. The number of anilines is 3. The molecule has 0 radical (unpaired) electrons. The van der Waals surface area contributed by atoms with Crippen LogP contribution in [0.3, 0.4) is 0 Å². The summed E-state index contributed by atoms with van der Waals surface area (Å²) in [6, 6.07) is 11.1. The number of benzene rings is 1. The molecule has 7 rings (SSSR count). The zero-order valence-electron chi connectivity index (χ0n) is 22.2. The first kappa shape index (κ1) is 25.5. The fourth-order valence-electron chi connectivity index (χ4n) is 5.67. The van der Waals surface area contributed by atoms with E-state index in [4.69, 9.17) is 16.6 Å². The molecule has 3 aromatic heterocycles. The minimum Gasteiger partial charge on any atom is -0.364 e. The van der Waals surface area contributed by atoms with Crippen LogP contribution in [0.5, 0.6) is 0 Å². The summed E-state index contributed by atoms with van der Waals surface area (Å²) in [5.41, 5.74) is 5.06. The van der Waals surface area contributed by atoms with Crippen LogP contribution in [-0.2, 0) is 16.1 Å². The molecule has 2 N–H and O–H groups in total. The van der Waals surface area contributed by atoms with Gasteiger partial charge in [0.25, 0.3) is 0 Å². The standard InChI is InChI=1S/C30H27ClN8O2/c31-20-6-5-18(12-32)22(9-20)23-10-24(23)30(41)37-27-11-26(34-16-35-27)33-13-21-15-38-14-19(17-3-4-17)8-25(29(38)36-21)39-7-1-2-28(39)40/h5-6,8-9,11,14-17,23-24H,1-4,7,10,13H2,(H2,33,34,35,37,41)/t23-,24+/m0/s1. The number of nitrogens with zero attached hydrogens (tertiary/aromatic N) is 6. The molecule has 1 saturated heterocycles. The number of nitrogens with one attached hydrogen (secondary N) is 2. The lowest BCUT2D eigenvalue weighted by Crippen LogP contribution is -2.24. The molecule has 3 fully saturated rings. The quantitative estimate of drug-likeness (QED) is 0.307. The number of imidazole rings is 1. The Kier molecular flexibility index (Phi) is 6.31. The number of hydrogen-bond acceptors (Lipinski definition) is 7. The molecule has 2 aliphatic carbocycles. The van der Waals surface area contributed by atoms with Crippen molar-refractivity contribution in [3.05, 3.63) is 76.5 Å². The molecule has 0 bridgehead atoms. The van der Waals surface area contributed by atoms with Gasteiger partial charge in [0, 0.05) is 42.4 Å². The molecule has 3 aliphatic rings. The Morgan fingerprint density at radius 3 is 2.78 bits per heavy atom. The lowest BCUT2D eigenvalue weighted by Gasteiger charge is -2.17. The summed E-state index contributed by atoms with van der Waals surface area (Å²) < 4.78 is 2.03. The fraction of sp³-hybridized carbons (Fsp3) is 0.333. The van der Waals surface area contributed by atoms with E-state index in [0.717, 1.165) is 35.6 Å². The minimum absolute atomic E-state index is 0.0426. The molecule has 1 aromatic carbocycles. The largest absolute Gasteiger partial charge is 0.364 e. The fourth-order valence-corrected chi connectivity index (χ4v) is 5.85. The van der Waals surface area contributed by atoms with Crippen molar-refractivity contribution in [2.45, 2.75) is 50.5 Å². The zero-order valence-corrected chi connectivity index (χ0v) is 22.9. The van der Waals surface area contributed by atoms with Crippen molar-refractivity contribution < 1.29 is 9.59 Å². The molecule has 2 saturated carbocycles. The molecular formula is C30H27ClN8O2. The van der Waals surface area contributed by atoms with E-state index in [2.05, 4.69) is 38.9 Å². The van der Waals surface area contributed by atoms with E-state index in [1.807, 2.05) is 15.5 Å². The first-order valence-electron chi connectivity index (χ1n) is 13.8.